The van der Waals surface area contributed by atoms with E-state index in [-0.39, 0.29) is 21.4 Å². The molecule has 0 aliphatic rings. The molecule has 0 bridgehead atoms. The first-order chi connectivity index (χ1) is 12.3. The number of benzene rings is 2. The summed E-state index contributed by atoms with van der Waals surface area (Å²) < 4.78 is 25.6. The number of hydrogen-bond acceptors (Lipinski definition) is 4. The maximum Gasteiger partial charge on any atom is 0.251 e. The number of sulfonamides is 1. The van der Waals surface area contributed by atoms with Gasteiger partial charge in [0.25, 0.3) is 5.91 Å². The van der Waals surface area contributed by atoms with Gasteiger partial charge >= 0.3 is 0 Å². The molecule has 0 heterocycles. The van der Waals surface area contributed by atoms with Crippen LogP contribution >= 0.6 is 23.4 Å². The van der Waals surface area contributed by atoms with Gasteiger partial charge in [-0.2, -0.15) is 0 Å². The topological polar surface area (TPSA) is 66.5 Å². The lowest BCUT2D eigenvalue weighted by atomic mass is 10.2. The fourth-order valence-electron chi connectivity index (χ4n) is 2.12. The van der Waals surface area contributed by atoms with Crippen LogP contribution in [0.5, 0.6) is 0 Å². The zero-order chi connectivity index (χ0) is 19.2. The molecule has 0 saturated heterocycles. The summed E-state index contributed by atoms with van der Waals surface area (Å²) >= 11 is 7.72. The fourth-order valence-corrected chi connectivity index (χ4v) is 4.39. The van der Waals surface area contributed by atoms with Crippen molar-refractivity contribution >= 4 is 39.3 Å². The molecule has 2 aromatic rings. The standard InChI is InChI=1S/C18H21ClN2O3S2/c1-21(2)26(23,24)17-13-14(9-10-16(17)19)18(22)20-11-6-12-25-15-7-4-3-5-8-15/h3-5,7-10,13H,6,11-12H2,1-2H3,(H,20,22). The molecular formula is C18H21ClN2O3S2. The largest absolute Gasteiger partial charge is 0.352 e. The summed E-state index contributed by atoms with van der Waals surface area (Å²) in [6, 6.07) is 14.3. The van der Waals surface area contributed by atoms with E-state index in [0.29, 0.717) is 6.54 Å². The normalized spacial score (nSPS) is 11.5. The third-order valence-electron chi connectivity index (χ3n) is 3.57. The summed E-state index contributed by atoms with van der Waals surface area (Å²) in [4.78, 5) is 13.4. The molecular weight excluding hydrogens is 392 g/mol. The highest BCUT2D eigenvalue weighted by atomic mass is 35.5. The zero-order valence-electron chi connectivity index (χ0n) is 14.6. The van der Waals surface area contributed by atoms with Crippen LogP contribution in [0, 0.1) is 0 Å². The van der Waals surface area contributed by atoms with Crippen molar-refractivity contribution in [2.24, 2.45) is 0 Å². The summed E-state index contributed by atoms with van der Waals surface area (Å²) in [5.74, 6) is 0.562. The third-order valence-corrected chi connectivity index (χ3v) is 6.97. The predicted octanol–water partition coefficient (Wildman–Crippen LogP) is 3.50. The van der Waals surface area contributed by atoms with Gasteiger partial charge in [0.1, 0.15) is 4.90 Å². The van der Waals surface area contributed by atoms with Crippen molar-refractivity contribution in [3.05, 3.63) is 59.1 Å². The molecule has 140 valence electrons. The van der Waals surface area contributed by atoms with E-state index >= 15 is 0 Å². The Morgan fingerprint density at radius 1 is 1.15 bits per heavy atom. The molecule has 2 aromatic carbocycles. The van der Waals surface area contributed by atoms with E-state index in [1.807, 2.05) is 30.3 Å². The summed E-state index contributed by atoms with van der Waals surface area (Å²) in [5.41, 5.74) is 0.269. The highest BCUT2D eigenvalue weighted by molar-refractivity contribution is 7.99. The average molecular weight is 413 g/mol. The summed E-state index contributed by atoms with van der Waals surface area (Å²) in [6.45, 7) is 0.511. The van der Waals surface area contributed by atoms with Crippen LogP contribution in [0.3, 0.4) is 0 Å². The SMILES string of the molecule is CN(C)S(=O)(=O)c1cc(C(=O)NCCCSc2ccccc2)ccc1Cl. The van der Waals surface area contributed by atoms with E-state index in [1.54, 1.807) is 11.8 Å². The van der Waals surface area contributed by atoms with E-state index in [4.69, 9.17) is 11.6 Å². The van der Waals surface area contributed by atoms with Gasteiger partial charge in [-0.15, -0.1) is 11.8 Å². The van der Waals surface area contributed by atoms with Crippen molar-refractivity contribution in [2.75, 3.05) is 26.4 Å². The molecule has 26 heavy (non-hydrogen) atoms. The summed E-state index contributed by atoms with van der Waals surface area (Å²) in [5, 5.41) is 2.90. The molecule has 0 radical (unpaired) electrons. The zero-order valence-corrected chi connectivity index (χ0v) is 17.0. The Balaban J connectivity index is 1.91. The Bertz CT molecular complexity index is 856. The minimum atomic E-state index is -3.71. The molecule has 0 aliphatic carbocycles. The van der Waals surface area contributed by atoms with Gasteiger partial charge in [-0.05, 0) is 42.5 Å². The molecule has 0 spiro atoms. The van der Waals surface area contributed by atoms with Gasteiger partial charge in [0.15, 0.2) is 0 Å². The average Bonchev–Trinajstić information content (AvgIpc) is 2.62. The first-order valence-electron chi connectivity index (χ1n) is 8.00. The third kappa shape index (κ3) is 5.48. The van der Waals surface area contributed by atoms with Crippen molar-refractivity contribution in [1.82, 2.24) is 9.62 Å². The van der Waals surface area contributed by atoms with Gasteiger partial charge < -0.3 is 5.32 Å². The fraction of sp³-hybridized carbons (Fsp3) is 0.278. The number of hydrogen-bond donors (Lipinski definition) is 1. The van der Waals surface area contributed by atoms with Gasteiger partial charge in [-0.1, -0.05) is 29.8 Å². The number of halogens is 1. The van der Waals surface area contributed by atoms with Crippen LogP contribution in [-0.2, 0) is 10.0 Å². The van der Waals surface area contributed by atoms with Crippen LogP contribution in [0.25, 0.3) is 0 Å². The number of rotatable bonds is 8. The van der Waals surface area contributed by atoms with Crippen LogP contribution in [0.15, 0.2) is 58.3 Å². The molecule has 0 aromatic heterocycles. The smallest absolute Gasteiger partial charge is 0.251 e. The van der Waals surface area contributed by atoms with Crippen LogP contribution in [-0.4, -0.2) is 45.0 Å². The number of nitrogens with zero attached hydrogens (tertiary/aromatic N) is 1. The Hall–Kier alpha value is -1.54. The van der Waals surface area contributed by atoms with Gasteiger partial charge in [-0.25, -0.2) is 12.7 Å². The molecule has 0 atom stereocenters. The molecule has 0 saturated carbocycles. The monoisotopic (exact) mass is 412 g/mol. The van der Waals surface area contributed by atoms with Crippen LogP contribution in [0.4, 0.5) is 0 Å². The molecule has 1 amide bonds. The minimum absolute atomic E-state index is 0.0727. The number of carbonyl (C=O) groups is 1. The summed E-state index contributed by atoms with van der Waals surface area (Å²) in [7, 11) is -0.866. The first kappa shape index (κ1) is 20.8. The van der Waals surface area contributed by atoms with Crippen molar-refractivity contribution in [3.63, 3.8) is 0 Å². The van der Waals surface area contributed by atoms with E-state index in [9.17, 15) is 13.2 Å². The predicted molar refractivity (Wildman–Crippen MR) is 106 cm³/mol. The highest BCUT2D eigenvalue weighted by Crippen LogP contribution is 2.24. The minimum Gasteiger partial charge on any atom is -0.352 e. The first-order valence-corrected chi connectivity index (χ1v) is 10.8. The number of thioether (sulfide) groups is 1. The second-order valence-electron chi connectivity index (χ2n) is 5.70. The molecule has 5 nitrogen and oxygen atoms in total. The quantitative estimate of drug-likeness (QED) is 0.532. The Kier molecular flexibility index (Phi) is 7.52. The second kappa shape index (κ2) is 9.41. The molecule has 2 rings (SSSR count). The number of nitrogens with one attached hydrogen (secondary N) is 1. The lowest BCUT2D eigenvalue weighted by Gasteiger charge is -2.14. The highest BCUT2D eigenvalue weighted by Gasteiger charge is 2.22. The van der Waals surface area contributed by atoms with E-state index in [0.717, 1.165) is 16.5 Å². The van der Waals surface area contributed by atoms with Crippen LogP contribution < -0.4 is 5.32 Å². The maximum absolute atomic E-state index is 12.3. The van der Waals surface area contributed by atoms with E-state index in [2.05, 4.69) is 5.32 Å². The molecule has 0 aliphatic heterocycles. The van der Waals surface area contributed by atoms with Gasteiger partial charge in [0.2, 0.25) is 10.0 Å². The van der Waals surface area contributed by atoms with Crippen molar-refractivity contribution in [3.8, 4) is 0 Å². The molecule has 1 N–H and O–H groups in total. The summed E-state index contributed by atoms with van der Waals surface area (Å²) in [6.07, 6.45) is 0.807. The van der Waals surface area contributed by atoms with Crippen LogP contribution in [0.1, 0.15) is 16.8 Å². The number of amides is 1. The van der Waals surface area contributed by atoms with Crippen molar-refractivity contribution in [2.45, 2.75) is 16.2 Å². The Morgan fingerprint density at radius 3 is 2.50 bits per heavy atom. The van der Waals surface area contributed by atoms with Crippen molar-refractivity contribution < 1.29 is 13.2 Å². The van der Waals surface area contributed by atoms with Gasteiger partial charge in [0, 0.05) is 31.1 Å². The van der Waals surface area contributed by atoms with Gasteiger partial charge in [-0.3, -0.25) is 4.79 Å². The van der Waals surface area contributed by atoms with Crippen LogP contribution in [0.2, 0.25) is 5.02 Å². The second-order valence-corrected chi connectivity index (χ2v) is 9.40. The lowest BCUT2D eigenvalue weighted by molar-refractivity contribution is 0.0953. The number of carbonyl (C=O) groups excluding carboxylic acids is 1. The molecule has 0 unspecified atom stereocenters. The molecule has 0 fully saturated rings. The Morgan fingerprint density at radius 2 is 1.85 bits per heavy atom. The maximum atomic E-state index is 12.3. The van der Waals surface area contributed by atoms with Crippen molar-refractivity contribution in [1.29, 1.82) is 0 Å². The lowest BCUT2D eigenvalue weighted by Crippen LogP contribution is -2.26. The van der Waals surface area contributed by atoms with E-state index < -0.39 is 10.0 Å². The Labute approximate surface area is 163 Å². The van der Waals surface area contributed by atoms with Gasteiger partial charge in [0.05, 0.1) is 5.02 Å². The molecule has 8 heteroatoms. The van der Waals surface area contributed by atoms with E-state index in [1.165, 1.54) is 37.2 Å².